The standard InChI is InChI=1S/C21H26ClN3O3/c1-15(24-21(27)28-14-16-9-5-4-6-10-16)20(26)23-13-19(25(2)3)17-11-7-8-12-18(17)22/h4-12,15,19H,13-14H2,1-3H3,(H,23,26)(H,24,27)/t15-,19+/m0/s1. The Kier molecular flexibility index (Phi) is 8.29. The van der Waals surface area contributed by atoms with E-state index in [0.717, 1.165) is 11.1 Å². The third-order valence-electron chi connectivity index (χ3n) is 4.30. The molecular weight excluding hydrogens is 378 g/mol. The molecule has 7 heteroatoms. The molecule has 0 aromatic heterocycles. The smallest absolute Gasteiger partial charge is 0.408 e. The molecule has 28 heavy (non-hydrogen) atoms. The van der Waals surface area contributed by atoms with E-state index in [1.54, 1.807) is 6.92 Å². The van der Waals surface area contributed by atoms with E-state index < -0.39 is 12.1 Å². The molecule has 0 bridgehead atoms. The number of ether oxygens (including phenoxy) is 1. The van der Waals surface area contributed by atoms with Crippen LogP contribution in [0.25, 0.3) is 0 Å². The second-order valence-electron chi connectivity index (χ2n) is 6.67. The average molecular weight is 404 g/mol. The number of likely N-dealkylation sites (N-methyl/N-ethyl adjacent to an activating group) is 1. The summed E-state index contributed by atoms with van der Waals surface area (Å²) in [5.41, 5.74) is 1.81. The highest BCUT2D eigenvalue weighted by Crippen LogP contribution is 2.25. The molecule has 2 aromatic rings. The molecule has 2 rings (SSSR count). The van der Waals surface area contributed by atoms with Crippen LogP contribution < -0.4 is 10.6 Å². The monoisotopic (exact) mass is 403 g/mol. The summed E-state index contributed by atoms with van der Waals surface area (Å²) in [5, 5.41) is 6.04. The number of amides is 2. The van der Waals surface area contributed by atoms with Crippen LogP contribution in [0.1, 0.15) is 24.1 Å². The van der Waals surface area contributed by atoms with Gasteiger partial charge in [0, 0.05) is 11.6 Å². The van der Waals surface area contributed by atoms with Gasteiger partial charge in [0.1, 0.15) is 12.6 Å². The Hall–Kier alpha value is -2.57. The van der Waals surface area contributed by atoms with E-state index >= 15 is 0 Å². The van der Waals surface area contributed by atoms with E-state index in [4.69, 9.17) is 16.3 Å². The van der Waals surface area contributed by atoms with Crippen LogP contribution in [-0.2, 0) is 16.1 Å². The van der Waals surface area contributed by atoms with Gasteiger partial charge in [-0.25, -0.2) is 4.79 Å². The van der Waals surface area contributed by atoms with Crippen molar-refractivity contribution in [1.29, 1.82) is 0 Å². The summed E-state index contributed by atoms with van der Waals surface area (Å²) in [4.78, 5) is 26.2. The third-order valence-corrected chi connectivity index (χ3v) is 4.64. The molecule has 0 saturated carbocycles. The third kappa shape index (κ3) is 6.55. The number of nitrogens with zero attached hydrogens (tertiary/aromatic N) is 1. The van der Waals surface area contributed by atoms with Crippen molar-refractivity contribution in [2.24, 2.45) is 0 Å². The Balaban J connectivity index is 1.83. The van der Waals surface area contributed by atoms with Crippen molar-refractivity contribution in [1.82, 2.24) is 15.5 Å². The number of alkyl carbamates (subject to hydrolysis) is 1. The number of benzene rings is 2. The molecule has 2 atom stereocenters. The van der Waals surface area contributed by atoms with Crippen LogP contribution in [0, 0.1) is 0 Å². The van der Waals surface area contributed by atoms with Gasteiger partial charge in [0.15, 0.2) is 0 Å². The summed E-state index contributed by atoms with van der Waals surface area (Å²) < 4.78 is 5.14. The Morgan fingerprint density at radius 1 is 1.07 bits per heavy atom. The molecule has 0 aliphatic rings. The summed E-state index contributed by atoms with van der Waals surface area (Å²) in [6, 6.07) is 16.1. The SMILES string of the molecule is C[C@H](NC(=O)OCc1ccccc1)C(=O)NC[C@H](c1ccccc1Cl)N(C)C. The largest absolute Gasteiger partial charge is 0.445 e. The highest BCUT2D eigenvalue weighted by Gasteiger charge is 2.21. The molecule has 0 spiro atoms. The maximum atomic E-state index is 12.4. The molecule has 0 aliphatic carbocycles. The number of rotatable bonds is 8. The van der Waals surface area contributed by atoms with Crippen molar-refractivity contribution >= 4 is 23.6 Å². The summed E-state index contributed by atoms with van der Waals surface area (Å²) in [6.45, 7) is 2.12. The first kappa shape index (κ1) is 21.7. The zero-order chi connectivity index (χ0) is 20.5. The predicted octanol–water partition coefficient (Wildman–Crippen LogP) is 3.37. The van der Waals surface area contributed by atoms with Crippen molar-refractivity contribution < 1.29 is 14.3 Å². The molecule has 0 aliphatic heterocycles. The fraction of sp³-hybridized carbons (Fsp3) is 0.333. The quantitative estimate of drug-likeness (QED) is 0.708. The van der Waals surface area contributed by atoms with Gasteiger partial charge in [0.05, 0.1) is 6.04 Å². The topological polar surface area (TPSA) is 70.7 Å². The van der Waals surface area contributed by atoms with Crippen molar-refractivity contribution in [3.63, 3.8) is 0 Å². The number of hydrogen-bond acceptors (Lipinski definition) is 4. The van der Waals surface area contributed by atoms with Gasteiger partial charge in [-0.1, -0.05) is 60.1 Å². The first-order valence-corrected chi connectivity index (χ1v) is 9.42. The zero-order valence-corrected chi connectivity index (χ0v) is 17.1. The van der Waals surface area contributed by atoms with Gasteiger partial charge in [0.25, 0.3) is 0 Å². The predicted molar refractivity (Wildman–Crippen MR) is 110 cm³/mol. The van der Waals surface area contributed by atoms with E-state index in [0.29, 0.717) is 11.6 Å². The molecule has 2 aromatic carbocycles. The Bertz CT molecular complexity index is 783. The normalized spacial score (nSPS) is 12.9. The summed E-state index contributed by atoms with van der Waals surface area (Å²) >= 11 is 6.28. The van der Waals surface area contributed by atoms with E-state index in [1.807, 2.05) is 73.6 Å². The Morgan fingerprint density at radius 2 is 1.71 bits per heavy atom. The highest BCUT2D eigenvalue weighted by atomic mass is 35.5. The minimum absolute atomic E-state index is 0.0881. The molecule has 0 saturated heterocycles. The van der Waals surface area contributed by atoms with Crippen LogP contribution in [-0.4, -0.2) is 43.6 Å². The molecule has 150 valence electrons. The number of carbonyl (C=O) groups excluding carboxylic acids is 2. The summed E-state index contributed by atoms with van der Waals surface area (Å²) in [6.07, 6.45) is -0.637. The van der Waals surface area contributed by atoms with Gasteiger partial charge >= 0.3 is 6.09 Å². The van der Waals surface area contributed by atoms with Gasteiger partial charge < -0.3 is 20.3 Å². The number of halogens is 1. The lowest BCUT2D eigenvalue weighted by molar-refractivity contribution is -0.122. The van der Waals surface area contributed by atoms with Crippen LogP contribution in [0.4, 0.5) is 4.79 Å². The first-order valence-electron chi connectivity index (χ1n) is 9.04. The fourth-order valence-electron chi connectivity index (χ4n) is 2.67. The molecule has 0 heterocycles. The Morgan fingerprint density at radius 3 is 2.36 bits per heavy atom. The number of hydrogen-bond donors (Lipinski definition) is 2. The lowest BCUT2D eigenvalue weighted by Crippen LogP contribution is -2.46. The van der Waals surface area contributed by atoms with Crippen LogP contribution in [0.3, 0.4) is 0 Å². The molecule has 0 fully saturated rings. The first-order chi connectivity index (χ1) is 13.4. The number of carbonyl (C=O) groups is 2. The Labute approximate surface area is 170 Å². The van der Waals surface area contributed by atoms with E-state index in [2.05, 4.69) is 10.6 Å². The lowest BCUT2D eigenvalue weighted by atomic mass is 10.1. The fourth-order valence-corrected chi connectivity index (χ4v) is 2.94. The second-order valence-corrected chi connectivity index (χ2v) is 7.08. The molecule has 0 radical (unpaired) electrons. The maximum absolute atomic E-state index is 12.4. The minimum atomic E-state index is -0.725. The van der Waals surface area contributed by atoms with Gasteiger partial charge in [0.2, 0.25) is 5.91 Å². The summed E-state index contributed by atoms with van der Waals surface area (Å²) in [5.74, 6) is -0.296. The van der Waals surface area contributed by atoms with Crippen LogP contribution >= 0.6 is 11.6 Å². The number of nitrogens with one attached hydrogen (secondary N) is 2. The van der Waals surface area contributed by atoms with Gasteiger partial charge in [-0.15, -0.1) is 0 Å². The maximum Gasteiger partial charge on any atom is 0.408 e. The molecule has 0 unspecified atom stereocenters. The van der Waals surface area contributed by atoms with Crippen LogP contribution in [0.5, 0.6) is 0 Å². The highest BCUT2D eigenvalue weighted by molar-refractivity contribution is 6.31. The molecule has 2 N–H and O–H groups in total. The van der Waals surface area contributed by atoms with Crippen molar-refractivity contribution in [2.75, 3.05) is 20.6 Å². The van der Waals surface area contributed by atoms with E-state index in [1.165, 1.54) is 0 Å². The van der Waals surface area contributed by atoms with E-state index in [-0.39, 0.29) is 18.6 Å². The zero-order valence-electron chi connectivity index (χ0n) is 16.3. The van der Waals surface area contributed by atoms with E-state index in [9.17, 15) is 9.59 Å². The van der Waals surface area contributed by atoms with Crippen molar-refractivity contribution in [3.8, 4) is 0 Å². The van der Waals surface area contributed by atoms with Crippen LogP contribution in [0.15, 0.2) is 54.6 Å². The van der Waals surface area contributed by atoms with Crippen LogP contribution in [0.2, 0.25) is 5.02 Å². The van der Waals surface area contributed by atoms with Crippen molar-refractivity contribution in [2.45, 2.75) is 25.6 Å². The minimum Gasteiger partial charge on any atom is -0.445 e. The second kappa shape index (κ2) is 10.7. The van der Waals surface area contributed by atoms with Gasteiger partial charge in [-0.3, -0.25) is 4.79 Å². The lowest BCUT2D eigenvalue weighted by Gasteiger charge is -2.26. The molecule has 2 amide bonds. The van der Waals surface area contributed by atoms with Crippen molar-refractivity contribution in [3.05, 3.63) is 70.7 Å². The van der Waals surface area contributed by atoms with Gasteiger partial charge in [-0.05, 0) is 38.2 Å². The average Bonchev–Trinajstić information content (AvgIpc) is 2.68. The summed E-state index contributed by atoms with van der Waals surface area (Å²) in [7, 11) is 3.84. The molecule has 6 nitrogen and oxygen atoms in total. The molecular formula is C21H26ClN3O3. The van der Waals surface area contributed by atoms with Gasteiger partial charge in [-0.2, -0.15) is 0 Å².